The van der Waals surface area contributed by atoms with Crippen LogP contribution in [0.3, 0.4) is 0 Å². The fourth-order valence-corrected chi connectivity index (χ4v) is 2.21. The Kier molecular flexibility index (Phi) is 5.60. The van der Waals surface area contributed by atoms with Gasteiger partial charge in [-0.05, 0) is 42.3 Å². The van der Waals surface area contributed by atoms with E-state index < -0.39 is 28.1 Å². The molecule has 0 unspecified atom stereocenters. The third-order valence-corrected chi connectivity index (χ3v) is 3.56. The first-order valence-corrected chi connectivity index (χ1v) is 7.47. The molecule has 2 aromatic rings. The number of hydrogen-bond donors (Lipinski definition) is 1. The van der Waals surface area contributed by atoms with Crippen molar-refractivity contribution >= 4 is 23.4 Å². The van der Waals surface area contributed by atoms with Crippen LogP contribution in [-0.2, 0) is 11.0 Å². The van der Waals surface area contributed by atoms with Crippen LogP contribution in [0.15, 0.2) is 48.0 Å². The number of nitriles is 1. The fourth-order valence-electron chi connectivity index (χ4n) is 2.21. The Hall–Kier alpha value is -3.67. The second-order valence-corrected chi connectivity index (χ2v) is 5.50. The number of non-ortho nitro benzene ring substituents is 1. The maximum atomic E-state index is 12.8. The average molecular weight is 375 g/mol. The van der Waals surface area contributed by atoms with Crippen molar-refractivity contribution in [3.8, 4) is 6.07 Å². The van der Waals surface area contributed by atoms with Crippen molar-refractivity contribution in [3.63, 3.8) is 0 Å². The molecule has 0 radical (unpaired) electrons. The Morgan fingerprint density at radius 3 is 2.52 bits per heavy atom. The molecule has 138 valence electrons. The van der Waals surface area contributed by atoms with E-state index in [1.807, 2.05) is 0 Å². The van der Waals surface area contributed by atoms with Gasteiger partial charge in [-0.1, -0.05) is 12.1 Å². The number of anilines is 1. The molecule has 27 heavy (non-hydrogen) atoms. The lowest BCUT2D eigenvalue weighted by molar-refractivity contribution is -0.384. The number of carbonyl (C=O) groups excluding carboxylic acids is 1. The molecule has 0 bridgehead atoms. The Morgan fingerprint density at radius 2 is 1.96 bits per heavy atom. The summed E-state index contributed by atoms with van der Waals surface area (Å²) in [6.07, 6.45) is -3.51. The van der Waals surface area contributed by atoms with Gasteiger partial charge < -0.3 is 5.32 Å². The van der Waals surface area contributed by atoms with Gasteiger partial charge in [0.15, 0.2) is 0 Å². The van der Waals surface area contributed by atoms with Crippen molar-refractivity contribution in [1.82, 2.24) is 0 Å². The summed E-state index contributed by atoms with van der Waals surface area (Å²) in [7, 11) is 0. The van der Waals surface area contributed by atoms with Crippen LogP contribution in [0.1, 0.15) is 16.7 Å². The molecule has 1 N–H and O–H groups in total. The van der Waals surface area contributed by atoms with Crippen LogP contribution in [-0.4, -0.2) is 10.8 Å². The van der Waals surface area contributed by atoms with Crippen molar-refractivity contribution in [2.45, 2.75) is 13.1 Å². The lowest BCUT2D eigenvalue weighted by atomic mass is 10.1. The van der Waals surface area contributed by atoms with Gasteiger partial charge in [0.05, 0.1) is 10.5 Å². The van der Waals surface area contributed by atoms with E-state index in [0.29, 0.717) is 5.56 Å². The van der Waals surface area contributed by atoms with Gasteiger partial charge in [0.25, 0.3) is 11.6 Å². The fraction of sp³-hybridized carbons (Fsp3) is 0.111. The molecule has 0 saturated heterocycles. The van der Waals surface area contributed by atoms with Gasteiger partial charge >= 0.3 is 6.18 Å². The second-order valence-electron chi connectivity index (χ2n) is 5.50. The zero-order chi connectivity index (χ0) is 20.2. The molecule has 0 aliphatic rings. The molecule has 0 aliphatic carbocycles. The van der Waals surface area contributed by atoms with E-state index in [1.165, 1.54) is 37.3 Å². The minimum absolute atomic E-state index is 0.0388. The van der Waals surface area contributed by atoms with Gasteiger partial charge in [0.1, 0.15) is 11.6 Å². The van der Waals surface area contributed by atoms with E-state index in [-0.39, 0.29) is 16.9 Å². The lowest BCUT2D eigenvalue weighted by Crippen LogP contribution is -2.14. The van der Waals surface area contributed by atoms with Gasteiger partial charge in [0.2, 0.25) is 0 Å². The predicted molar refractivity (Wildman–Crippen MR) is 91.5 cm³/mol. The molecular weight excluding hydrogens is 363 g/mol. The van der Waals surface area contributed by atoms with E-state index in [9.17, 15) is 28.1 Å². The summed E-state index contributed by atoms with van der Waals surface area (Å²) >= 11 is 0. The highest BCUT2D eigenvalue weighted by molar-refractivity contribution is 6.10. The van der Waals surface area contributed by atoms with Crippen LogP contribution in [0.25, 0.3) is 6.08 Å². The van der Waals surface area contributed by atoms with Gasteiger partial charge in [-0.2, -0.15) is 18.4 Å². The number of nitro benzene ring substituents is 1. The molecule has 0 saturated carbocycles. The summed E-state index contributed by atoms with van der Waals surface area (Å²) in [6, 6.07) is 9.58. The number of rotatable bonds is 4. The number of alkyl halides is 3. The van der Waals surface area contributed by atoms with Crippen LogP contribution < -0.4 is 5.32 Å². The minimum Gasteiger partial charge on any atom is -0.321 e. The molecule has 0 heterocycles. The molecule has 0 aliphatic heterocycles. The quantitative estimate of drug-likeness (QED) is 0.369. The van der Waals surface area contributed by atoms with E-state index in [1.54, 1.807) is 6.07 Å². The van der Waals surface area contributed by atoms with Crippen LogP contribution in [0, 0.1) is 28.4 Å². The number of benzene rings is 2. The number of carbonyl (C=O) groups is 1. The van der Waals surface area contributed by atoms with Crippen molar-refractivity contribution in [3.05, 3.63) is 74.8 Å². The van der Waals surface area contributed by atoms with Crippen molar-refractivity contribution in [2.75, 3.05) is 5.32 Å². The van der Waals surface area contributed by atoms with Crippen molar-refractivity contribution < 1.29 is 22.9 Å². The second kappa shape index (κ2) is 7.70. The van der Waals surface area contributed by atoms with Gasteiger partial charge in [0, 0.05) is 17.8 Å². The smallest absolute Gasteiger partial charge is 0.321 e. The zero-order valence-corrected chi connectivity index (χ0v) is 13.9. The first-order chi connectivity index (χ1) is 12.6. The highest BCUT2D eigenvalue weighted by Gasteiger charge is 2.30. The molecule has 9 heteroatoms. The van der Waals surface area contributed by atoms with Crippen LogP contribution in [0.2, 0.25) is 0 Å². The number of nitrogens with one attached hydrogen (secondary N) is 1. The SMILES string of the molecule is Cc1cc([N+](=O)[O-])ccc1NC(=O)C(C#N)=Cc1cccc(C(F)(F)F)c1. The summed E-state index contributed by atoms with van der Waals surface area (Å²) in [5.41, 5.74) is -0.792. The molecule has 0 aromatic heterocycles. The van der Waals surface area contributed by atoms with E-state index in [2.05, 4.69) is 5.32 Å². The Bertz CT molecular complexity index is 976. The monoisotopic (exact) mass is 375 g/mol. The largest absolute Gasteiger partial charge is 0.416 e. The van der Waals surface area contributed by atoms with Gasteiger partial charge in [-0.15, -0.1) is 0 Å². The Balaban J connectivity index is 2.28. The maximum Gasteiger partial charge on any atom is 0.416 e. The number of hydrogen-bond acceptors (Lipinski definition) is 4. The lowest BCUT2D eigenvalue weighted by Gasteiger charge is -2.09. The van der Waals surface area contributed by atoms with E-state index >= 15 is 0 Å². The topological polar surface area (TPSA) is 96.0 Å². The molecule has 2 rings (SSSR count). The van der Waals surface area contributed by atoms with E-state index in [4.69, 9.17) is 5.26 Å². The average Bonchev–Trinajstić information content (AvgIpc) is 2.60. The molecule has 6 nitrogen and oxygen atoms in total. The van der Waals surface area contributed by atoms with Crippen molar-refractivity contribution in [1.29, 1.82) is 5.26 Å². The molecule has 0 atom stereocenters. The highest BCUT2D eigenvalue weighted by atomic mass is 19.4. The summed E-state index contributed by atoms with van der Waals surface area (Å²) < 4.78 is 38.3. The number of nitro groups is 1. The summed E-state index contributed by atoms with van der Waals surface area (Å²) in [5.74, 6) is -0.841. The minimum atomic E-state index is -4.55. The van der Waals surface area contributed by atoms with E-state index in [0.717, 1.165) is 18.2 Å². The van der Waals surface area contributed by atoms with Crippen LogP contribution >= 0.6 is 0 Å². The molecular formula is C18H12F3N3O3. The summed E-state index contributed by atoms with van der Waals surface area (Å²) in [4.78, 5) is 22.4. The molecule has 2 aromatic carbocycles. The number of nitrogens with zero attached hydrogens (tertiary/aromatic N) is 2. The van der Waals surface area contributed by atoms with Crippen LogP contribution in [0.5, 0.6) is 0 Å². The summed E-state index contributed by atoms with van der Waals surface area (Å²) in [6.45, 7) is 1.53. The Morgan fingerprint density at radius 1 is 1.26 bits per heavy atom. The highest BCUT2D eigenvalue weighted by Crippen LogP contribution is 2.30. The molecule has 0 fully saturated rings. The normalized spacial score (nSPS) is 11.6. The summed E-state index contributed by atoms with van der Waals surface area (Å²) in [5, 5.41) is 22.3. The number of amides is 1. The molecule has 1 amide bonds. The third-order valence-electron chi connectivity index (χ3n) is 3.56. The predicted octanol–water partition coefficient (Wildman–Crippen LogP) is 4.47. The standard InChI is InChI=1S/C18H12F3N3O3/c1-11-7-15(24(26)27)5-6-16(11)23-17(25)13(10-22)8-12-3-2-4-14(9-12)18(19,20)21/h2-9H,1H3,(H,23,25). The van der Waals surface area contributed by atoms with Crippen molar-refractivity contribution in [2.24, 2.45) is 0 Å². The first-order valence-electron chi connectivity index (χ1n) is 7.47. The maximum absolute atomic E-state index is 12.8. The molecule has 0 spiro atoms. The van der Waals surface area contributed by atoms with Gasteiger partial charge in [-0.3, -0.25) is 14.9 Å². The first kappa shape index (κ1) is 19.7. The number of aryl methyl sites for hydroxylation is 1. The number of halogens is 3. The third kappa shape index (κ3) is 4.92. The van der Waals surface area contributed by atoms with Crippen LogP contribution in [0.4, 0.5) is 24.5 Å². The zero-order valence-electron chi connectivity index (χ0n) is 13.9. The van der Waals surface area contributed by atoms with Gasteiger partial charge in [-0.25, -0.2) is 0 Å². The Labute approximate surface area is 151 Å².